The molecule has 5 aromatic carbocycles. The van der Waals surface area contributed by atoms with Gasteiger partial charge in [0.15, 0.2) is 0 Å². The molecule has 12 rings (SSSR count). The molecule has 202 valence electrons. The minimum Gasteiger partial charge on any atom is -0.309 e. The van der Waals surface area contributed by atoms with Crippen LogP contribution in [-0.2, 0) is 5.41 Å². The maximum Gasteiger partial charge on any atom is 0.0645 e. The van der Waals surface area contributed by atoms with Crippen LogP contribution in [0.1, 0.15) is 48.7 Å². The van der Waals surface area contributed by atoms with E-state index in [1.165, 1.54) is 70.7 Å². The molecule has 2 nitrogen and oxygen atoms in total. The highest BCUT2D eigenvalue weighted by molar-refractivity contribution is 6.13. The van der Waals surface area contributed by atoms with Gasteiger partial charge in [0, 0.05) is 32.6 Å². The lowest BCUT2D eigenvalue weighted by molar-refractivity contribution is -0.0418. The fraction of sp³-hybridized carbons (Fsp3) is 0.250. The van der Waals surface area contributed by atoms with E-state index in [-0.39, 0.29) is 29.6 Å². The Kier molecular flexibility index (Phi) is 3.42. The molecule has 4 aliphatic carbocycles. The molecule has 0 unspecified atom stereocenters. The van der Waals surface area contributed by atoms with Crippen LogP contribution in [0.15, 0.2) is 109 Å². The van der Waals surface area contributed by atoms with Gasteiger partial charge in [-0.3, -0.25) is 0 Å². The third-order valence-corrected chi connectivity index (χ3v) is 11.8. The SMILES string of the molecule is [2H]c1c([2H])c([2H])c2c(c1[2H])c1ccccc1n2-c1ccc2c(c1)c1cccc3c1n2-c1ccccc1C31C2CC3CC(C2)CC1C3. The van der Waals surface area contributed by atoms with Crippen LogP contribution in [0.2, 0.25) is 0 Å². The van der Waals surface area contributed by atoms with Gasteiger partial charge >= 0.3 is 0 Å². The average Bonchev–Trinajstić information content (AvgIpc) is 3.60. The lowest BCUT2D eigenvalue weighted by atomic mass is 9.41. The van der Waals surface area contributed by atoms with Crippen LogP contribution in [0.4, 0.5) is 0 Å². The molecule has 0 atom stereocenters. The van der Waals surface area contributed by atoms with E-state index >= 15 is 0 Å². The van der Waals surface area contributed by atoms with E-state index < -0.39 is 0 Å². The Bertz CT molecular complexity index is 2470. The zero-order chi connectivity index (χ0) is 30.6. The molecule has 4 bridgehead atoms. The number of nitrogens with zero attached hydrogens (tertiary/aromatic N) is 2. The van der Waals surface area contributed by atoms with Crippen molar-refractivity contribution < 1.29 is 5.48 Å². The summed E-state index contributed by atoms with van der Waals surface area (Å²) in [5.74, 6) is 3.15. The summed E-state index contributed by atoms with van der Waals surface area (Å²) >= 11 is 0. The van der Waals surface area contributed by atoms with Gasteiger partial charge in [0.25, 0.3) is 0 Å². The maximum absolute atomic E-state index is 8.97. The van der Waals surface area contributed by atoms with Crippen molar-refractivity contribution >= 4 is 43.6 Å². The van der Waals surface area contributed by atoms with Gasteiger partial charge in [0.1, 0.15) is 0 Å². The Labute approximate surface area is 250 Å². The van der Waals surface area contributed by atoms with Gasteiger partial charge < -0.3 is 9.13 Å². The van der Waals surface area contributed by atoms with Crippen LogP contribution < -0.4 is 0 Å². The van der Waals surface area contributed by atoms with E-state index in [9.17, 15) is 0 Å². The molecule has 2 aromatic heterocycles. The topological polar surface area (TPSA) is 9.86 Å². The molecule has 42 heavy (non-hydrogen) atoms. The van der Waals surface area contributed by atoms with Gasteiger partial charge in [0.05, 0.1) is 33.2 Å². The van der Waals surface area contributed by atoms with Crippen molar-refractivity contribution in [3.63, 3.8) is 0 Å². The fourth-order valence-electron chi connectivity index (χ4n) is 10.7. The number of rotatable bonds is 1. The van der Waals surface area contributed by atoms with E-state index in [0.717, 1.165) is 28.4 Å². The highest BCUT2D eigenvalue weighted by Crippen LogP contribution is 2.67. The third-order valence-electron chi connectivity index (χ3n) is 11.8. The molecule has 0 N–H and O–H groups in total. The van der Waals surface area contributed by atoms with Gasteiger partial charge in [-0.05, 0) is 103 Å². The molecule has 5 aliphatic rings. The van der Waals surface area contributed by atoms with Gasteiger partial charge in [-0.25, -0.2) is 0 Å². The summed E-state index contributed by atoms with van der Waals surface area (Å²) in [6, 6.07) is 30.4. The Hall–Kier alpha value is -4.30. The number of aromatic nitrogens is 2. The normalized spacial score (nSPS) is 28.5. The lowest BCUT2D eigenvalue weighted by Crippen LogP contribution is -2.57. The molecule has 4 fully saturated rings. The van der Waals surface area contributed by atoms with Crippen molar-refractivity contribution in [1.82, 2.24) is 9.13 Å². The first-order valence-electron chi connectivity index (χ1n) is 17.6. The Morgan fingerprint density at radius 2 is 1.29 bits per heavy atom. The van der Waals surface area contributed by atoms with Crippen molar-refractivity contribution in [2.45, 2.75) is 37.5 Å². The number of fused-ring (bicyclic) bond motifs is 8. The van der Waals surface area contributed by atoms with Crippen LogP contribution in [0.25, 0.3) is 55.0 Å². The van der Waals surface area contributed by atoms with Crippen molar-refractivity contribution in [1.29, 1.82) is 0 Å². The summed E-state index contributed by atoms with van der Waals surface area (Å²) in [6.07, 6.45) is 6.83. The first kappa shape index (κ1) is 19.0. The molecule has 1 aliphatic heterocycles. The van der Waals surface area contributed by atoms with Crippen molar-refractivity contribution in [3.8, 4) is 11.4 Å². The predicted octanol–water partition coefficient (Wildman–Crippen LogP) is 9.94. The van der Waals surface area contributed by atoms with Crippen molar-refractivity contribution in [2.24, 2.45) is 23.7 Å². The average molecular weight is 545 g/mol. The smallest absolute Gasteiger partial charge is 0.0645 e. The molecule has 7 aromatic rings. The summed E-state index contributed by atoms with van der Waals surface area (Å²) in [4.78, 5) is 0. The minimum atomic E-state index is -0.202. The monoisotopic (exact) mass is 544 g/mol. The molecule has 2 heteroatoms. The second-order valence-electron chi connectivity index (χ2n) is 13.5. The van der Waals surface area contributed by atoms with Crippen LogP contribution in [0.5, 0.6) is 0 Å². The molecule has 1 spiro atoms. The molecule has 0 saturated heterocycles. The molecular weight excluding hydrogens is 508 g/mol. The van der Waals surface area contributed by atoms with E-state index in [4.69, 9.17) is 5.48 Å². The van der Waals surface area contributed by atoms with Crippen molar-refractivity contribution in [3.05, 3.63) is 120 Å². The maximum atomic E-state index is 8.97. The van der Waals surface area contributed by atoms with Gasteiger partial charge in [0.2, 0.25) is 0 Å². The summed E-state index contributed by atoms with van der Waals surface area (Å²) in [5, 5.41) is 3.85. The first-order chi connectivity index (χ1) is 22.5. The number of hydrogen-bond donors (Lipinski definition) is 0. The van der Waals surface area contributed by atoms with E-state index in [1.54, 1.807) is 0 Å². The van der Waals surface area contributed by atoms with E-state index in [1.807, 2.05) is 28.8 Å². The second kappa shape index (κ2) is 7.55. The molecule has 0 radical (unpaired) electrons. The fourth-order valence-corrected chi connectivity index (χ4v) is 10.7. The Morgan fingerprint density at radius 1 is 0.571 bits per heavy atom. The predicted molar refractivity (Wildman–Crippen MR) is 173 cm³/mol. The number of hydrogen-bond acceptors (Lipinski definition) is 0. The van der Waals surface area contributed by atoms with Crippen molar-refractivity contribution in [2.75, 3.05) is 0 Å². The Morgan fingerprint density at radius 3 is 2.17 bits per heavy atom. The van der Waals surface area contributed by atoms with Crippen LogP contribution in [-0.4, -0.2) is 9.13 Å². The molecule has 0 amide bonds. The van der Waals surface area contributed by atoms with Gasteiger partial charge in [-0.2, -0.15) is 0 Å². The van der Waals surface area contributed by atoms with Crippen LogP contribution >= 0.6 is 0 Å². The minimum absolute atomic E-state index is 0.00677. The van der Waals surface area contributed by atoms with Crippen LogP contribution in [0.3, 0.4) is 0 Å². The number of para-hydroxylation sites is 4. The zero-order valence-electron chi connectivity index (χ0n) is 27.3. The summed E-state index contributed by atoms with van der Waals surface area (Å²) in [5.41, 5.74) is 9.27. The highest BCUT2D eigenvalue weighted by atomic mass is 15.0. The second-order valence-corrected chi connectivity index (χ2v) is 13.5. The van der Waals surface area contributed by atoms with Gasteiger partial charge in [-0.15, -0.1) is 0 Å². The summed E-state index contributed by atoms with van der Waals surface area (Å²) in [6.45, 7) is 0. The largest absolute Gasteiger partial charge is 0.309 e. The standard InChI is InChI=1S/C40H32N2/c1-4-13-35-29(8-1)30-9-2-5-14-36(30)41(35)28-16-17-37-32(23-28)31-10-7-12-34-39(31)42(37)38-15-6-3-11-33(38)40(34)26-19-24-18-25(21-26)22-27(40)20-24/h1-17,23-27H,18-22H2/i1D,4D,8D,13D. The first-order valence-corrected chi connectivity index (χ1v) is 15.6. The highest BCUT2D eigenvalue weighted by Gasteiger charge is 2.60. The van der Waals surface area contributed by atoms with E-state index in [2.05, 4.69) is 65.2 Å². The van der Waals surface area contributed by atoms with Crippen LogP contribution in [0, 0.1) is 23.7 Å². The lowest BCUT2D eigenvalue weighted by Gasteiger charge is -2.63. The summed E-state index contributed by atoms with van der Waals surface area (Å²) in [7, 11) is 0. The molecule has 3 heterocycles. The Balaban J connectivity index is 1.25. The quantitative estimate of drug-likeness (QED) is 0.195. The zero-order valence-corrected chi connectivity index (χ0v) is 23.3. The number of benzene rings is 5. The van der Waals surface area contributed by atoms with E-state index in [0.29, 0.717) is 22.7 Å². The summed E-state index contributed by atoms with van der Waals surface area (Å²) < 4.78 is 39.3. The van der Waals surface area contributed by atoms with Gasteiger partial charge in [-0.1, -0.05) is 72.7 Å². The molecular formula is C40H32N2. The molecule has 4 saturated carbocycles. The third kappa shape index (κ3) is 2.48.